The Bertz CT molecular complexity index is 856. The molecule has 0 aliphatic carbocycles. The highest BCUT2D eigenvalue weighted by Crippen LogP contribution is 2.30. The van der Waals surface area contributed by atoms with Crippen LogP contribution in [0.4, 0.5) is 18.9 Å². The number of nitrogens with zero attached hydrogens (tertiary/aromatic N) is 2. The van der Waals surface area contributed by atoms with E-state index in [9.17, 15) is 22.8 Å². The molecule has 2 aromatic carbocycles. The third kappa shape index (κ3) is 5.20. The number of halogens is 3. The molecule has 7 heteroatoms. The standard InChI is InChI=1S/C23H25F3N2O2/c1-2-27(15-17-3-7-20(8-4-17)23(24,25)26)22(30)19-11-13-28(14-12-19)21-9-5-18(16-29)6-10-21/h3-10,16,19H,2,11-15H2,1H3. The van der Waals surface area contributed by atoms with E-state index in [4.69, 9.17) is 0 Å². The van der Waals surface area contributed by atoms with Gasteiger partial charge in [-0.25, -0.2) is 0 Å². The lowest BCUT2D eigenvalue weighted by molar-refractivity contribution is -0.138. The minimum absolute atomic E-state index is 0.0494. The number of benzene rings is 2. The van der Waals surface area contributed by atoms with Crippen molar-refractivity contribution >= 4 is 17.9 Å². The number of hydrogen-bond acceptors (Lipinski definition) is 3. The monoisotopic (exact) mass is 418 g/mol. The lowest BCUT2D eigenvalue weighted by Gasteiger charge is -2.35. The van der Waals surface area contributed by atoms with E-state index < -0.39 is 11.7 Å². The van der Waals surface area contributed by atoms with Crippen molar-refractivity contribution in [1.82, 2.24) is 4.90 Å². The molecular weight excluding hydrogens is 393 g/mol. The summed E-state index contributed by atoms with van der Waals surface area (Å²) >= 11 is 0. The summed E-state index contributed by atoms with van der Waals surface area (Å²) in [5.74, 6) is -0.0433. The summed E-state index contributed by atoms with van der Waals surface area (Å²) in [5, 5.41) is 0. The molecule has 0 spiro atoms. The number of aldehydes is 1. The fourth-order valence-electron chi connectivity index (χ4n) is 3.77. The predicted octanol–water partition coefficient (Wildman–Crippen LogP) is 4.78. The first kappa shape index (κ1) is 21.9. The molecule has 1 aliphatic rings. The van der Waals surface area contributed by atoms with Gasteiger partial charge in [0.2, 0.25) is 5.91 Å². The van der Waals surface area contributed by atoms with Crippen LogP contribution in [0.1, 0.15) is 41.3 Å². The van der Waals surface area contributed by atoms with Crippen molar-refractivity contribution in [3.05, 3.63) is 65.2 Å². The second kappa shape index (κ2) is 9.32. The minimum atomic E-state index is -4.36. The number of carbonyl (C=O) groups is 2. The first-order valence-corrected chi connectivity index (χ1v) is 10.1. The van der Waals surface area contributed by atoms with Crippen LogP contribution in [0.3, 0.4) is 0 Å². The summed E-state index contributed by atoms with van der Waals surface area (Å²) in [6.45, 7) is 4.18. The van der Waals surface area contributed by atoms with Crippen molar-refractivity contribution in [2.24, 2.45) is 5.92 Å². The second-order valence-electron chi connectivity index (χ2n) is 7.52. The molecular formula is C23H25F3N2O2. The Hall–Kier alpha value is -2.83. The Labute approximate surface area is 174 Å². The van der Waals surface area contributed by atoms with Gasteiger partial charge in [-0.15, -0.1) is 0 Å². The van der Waals surface area contributed by atoms with Gasteiger partial charge in [-0.05, 0) is 61.7 Å². The topological polar surface area (TPSA) is 40.6 Å². The maximum absolute atomic E-state index is 13.0. The molecule has 3 rings (SSSR count). The van der Waals surface area contributed by atoms with Crippen LogP contribution in [0.25, 0.3) is 0 Å². The summed E-state index contributed by atoms with van der Waals surface area (Å²) < 4.78 is 38.2. The average molecular weight is 418 g/mol. The van der Waals surface area contributed by atoms with Crippen LogP contribution in [0.15, 0.2) is 48.5 Å². The highest BCUT2D eigenvalue weighted by atomic mass is 19.4. The normalized spacial score (nSPS) is 15.1. The summed E-state index contributed by atoms with van der Waals surface area (Å²) in [7, 11) is 0. The minimum Gasteiger partial charge on any atom is -0.371 e. The Morgan fingerprint density at radius 3 is 2.17 bits per heavy atom. The Balaban J connectivity index is 1.57. The van der Waals surface area contributed by atoms with Gasteiger partial charge < -0.3 is 9.80 Å². The van der Waals surface area contributed by atoms with E-state index in [0.717, 1.165) is 50.0 Å². The average Bonchev–Trinajstić information content (AvgIpc) is 2.77. The molecule has 0 bridgehead atoms. The second-order valence-corrected chi connectivity index (χ2v) is 7.52. The van der Waals surface area contributed by atoms with Gasteiger partial charge in [0.15, 0.2) is 0 Å². The third-order valence-electron chi connectivity index (χ3n) is 5.59. The Morgan fingerprint density at radius 2 is 1.67 bits per heavy atom. The Morgan fingerprint density at radius 1 is 1.07 bits per heavy atom. The summed E-state index contributed by atoms with van der Waals surface area (Å²) in [4.78, 5) is 27.7. The largest absolute Gasteiger partial charge is 0.416 e. The zero-order chi connectivity index (χ0) is 21.7. The van der Waals surface area contributed by atoms with Crippen LogP contribution in [0.5, 0.6) is 0 Å². The molecule has 1 fully saturated rings. The maximum atomic E-state index is 13.0. The first-order chi connectivity index (χ1) is 14.3. The van der Waals surface area contributed by atoms with Gasteiger partial charge in [0.05, 0.1) is 5.56 Å². The van der Waals surface area contributed by atoms with Crippen LogP contribution in [-0.2, 0) is 17.5 Å². The van der Waals surface area contributed by atoms with Gasteiger partial charge in [0.25, 0.3) is 0 Å². The molecule has 2 aromatic rings. The zero-order valence-corrected chi connectivity index (χ0v) is 16.9. The Kier molecular flexibility index (Phi) is 6.80. The van der Waals surface area contributed by atoms with E-state index >= 15 is 0 Å². The first-order valence-electron chi connectivity index (χ1n) is 10.1. The van der Waals surface area contributed by atoms with Gasteiger partial charge >= 0.3 is 6.18 Å². The lowest BCUT2D eigenvalue weighted by Crippen LogP contribution is -2.42. The molecule has 0 aromatic heterocycles. The van der Waals surface area contributed by atoms with Crippen molar-refractivity contribution in [2.75, 3.05) is 24.5 Å². The van der Waals surface area contributed by atoms with Crippen molar-refractivity contribution in [3.63, 3.8) is 0 Å². The van der Waals surface area contributed by atoms with Crippen LogP contribution >= 0.6 is 0 Å². The zero-order valence-electron chi connectivity index (χ0n) is 16.9. The quantitative estimate of drug-likeness (QED) is 0.634. The van der Waals surface area contributed by atoms with Crippen LogP contribution in [0.2, 0.25) is 0 Å². The third-order valence-corrected chi connectivity index (χ3v) is 5.59. The van der Waals surface area contributed by atoms with Gasteiger partial charge in [-0.2, -0.15) is 13.2 Å². The van der Waals surface area contributed by atoms with Crippen molar-refractivity contribution in [2.45, 2.75) is 32.5 Å². The molecule has 1 saturated heterocycles. The van der Waals surface area contributed by atoms with E-state index in [1.165, 1.54) is 12.1 Å². The molecule has 0 atom stereocenters. The number of anilines is 1. The fourth-order valence-corrected chi connectivity index (χ4v) is 3.77. The van der Waals surface area contributed by atoms with Crippen LogP contribution < -0.4 is 4.90 Å². The predicted molar refractivity (Wildman–Crippen MR) is 109 cm³/mol. The smallest absolute Gasteiger partial charge is 0.371 e. The van der Waals surface area contributed by atoms with Gasteiger partial charge in [0, 0.05) is 43.3 Å². The number of rotatable bonds is 6. The van der Waals surface area contributed by atoms with Gasteiger partial charge in [-0.3, -0.25) is 9.59 Å². The summed E-state index contributed by atoms with van der Waals surface area (Å²) in [6, 6.07) is 12.4. The highest BCUT2D eigenvalue weighted by molar-refractivity contribution is 5.79. The van der Waals surface area contributed by atoms with E-state index in [0.29, 0.717) is 24.2 Å². The summed E-state index contributed by atoms with van der Waals surface area (Å²) in [6.07, 6.45) is -2.11. The van der Waals surface area contributed by atoms with Crippen LogP contribution in [-0.4, -0.2) is 36.7 Å². The maximum Gasteiger partial charge on any atom is 0.416 e. The van der Waals surface area contributed by atoms with E-state index in [1.807, 2.05) is 19.1 Å². The van der Waals surface area contributed by atoms with Gasteiger partial charge in [0.1, 0.15) is 6.29 Å². The fraction of sp³-hybridized carbons (Fsp3) is 0.391. The molecule has 0 unspecified atom stereocenters. The number of amides is 1. The molecule has 160 valence electrons. The van der Waals surface area contributed by atoms with Crippen molar-refractivity contribution < 1.29 is 22.8 Å². The number of hydrogen-bond donors (Lipinski definition) is 0. The molecule has 4 nitrogen and oxygen atoms in total. The van der Waals surface area contributed by atoms with E-state index in [2.05, 4.69) is 4.90 Å². The van der Waals surface area contributed by atoms with Crippen LogP contribution in [0, 0.1) is 5.92 Å². The van der Waals surface area contributed by atoms with E-state index in [1.54, 1.807) is 17.0 Å². The molecule has 0 saturated carbocycles. The molecule has 1 aliphatic heterocycles. The number of piperidine rings is 1. The van der Waals surface area contributed by atoms with Crippen molar-refractivity contribution in [3.8, 4) is 0 Å². The lowest BCUT2D eigenvalue weighted by atomic mass is 9.94. The molecule has 30 heavy (non-hydrogen) atoms. The highest BCUT2D eigenvalue weighted by Gasteiger charge is 2.31. The summed E-state index contributed by atoms with van der Waals surface area (Å²) in [5.41, 5.74) is 1.66. The molecule has 1 heterocycles. The SMILES string of the molecule is CCN(Cc1ccc(C(F)(F)F)cc1)C(=O)C1CCN(c2ccc(C=O)cc2)CC1. The molecule has 0 N–H and O–H groups in total. The molecule has 0 radical (unpaired) electrons. The van der Waals surface area contributed by atoms with Gasteiger partial charge in [-0.1, -0.05) is 12.1 Å². The number of carbonyl (C=O) groups excluding carboxylic acids is 2. The number of alkyl halides is 3. The molecule has 1 amide bonds. The van der Waals surface area contributed by atoms with Crippen molar-refractivity contribution in [1.29, 1.82) is 0 Å². The van der Waals surface area contributed by atoms with E-state index in [-0.39, 0.29) is 11.8 Å².